The summed E-state index contributed by atoms with van der Waals surface area (Å²) in [5.74, 6) is -2.30. The summed E-state index contributed by atoms with van der Waals surface area (Å²) in [5, 5.41) is 28.8. The number of halogens is 6. The molecular weight excluding hydrogens is 742 g/mol. The molecule has 4 aromatic carbocycles. The summed E-state index contributed by atoms with van der Waals surface area (Å²) in [4.78, 5) is 29.7. The topological polar surface area (TPSA) is 141 Å². The SMILES string of the molecule is CCNC(=O)c1cc(-c2cn(-c3cccc(-c4cccc(C(F)(F)F)c4)c3)nn2)nc(-c2cn(-c3c(-c4ccccc4)ccc(C(=O)O)c3C(F)(F)F)nn2)c1. The van der Waals surface area contributed by atoms with Crippen LogP contribution < -0.4 is 5.32 Å². The molecule has 0 saturated heterocycles. The predicted molar refractivity (Wildman–Crippen MR) is 191 cm³/mol. The second kappa shape index (κ2) is 14.6. The van der Waals surface area contributed by atoms with Gasteiger partial charge in [0.25, 0.3) is 5.91 Å². The van der Waals surface area contributed by atoms with E-state index in [1.165, 1.54) is 35.1 Å². The molecular formula is C39H26F6N8O3. The van der Waals surface area contributed by atoms with Gasteiger partial charge in [-0.25, -0.2) is 19.1 Å². The number of nitrogens with zero attached hydrogens (tertiary/aromatic N) is 7. The molecule has 2 N–H and O–H groups in total. The molecule has 0 radical (unpaired) electrons. The molecule has 0 saturated carbocycles. The summed E-state index contributed by atoms with van der Waals surface area (Å²) in [5.41, 5.74) is -1.88. The Labute approximate surface area is 312 Å². The van der Waals surface area contributed by atoms with Crippen LogP contribution in [0, 0.1) is 0 Å². The van der Waals surface area contributed by atoms with Gasteiger partial charge in [-0.05, 0) is 66.1 Å². The summed E-state index contributed by atoms with van der Waals surface area (Å²) >= 11 is 0. The molecule has 0 aliphatic carbocycles. The number of hydrogen-bond donors (Lipinski definition) is 2. The number of benzene rings is 4. The highest BCUT2D eigenvalue weighted by Crippen LogP contribution is 2.42. The fourth-order valence-electron chi connectivity index (χ4n) is 6.03. The van der Waals surface area contributed by atoms with Crippen molar-refractivity contribution < 1.29 is 41.0 Å². The van der Waals surface area contributed by atoms with Gasteiger partial charge in [0.1, 0.15) is 11.4 Å². The number of alkyl halides is 6. The molecule has 0 fully saturated rings. The summed E-state index contributed by atoms with van der Waals surface area (Å²) in [7, 11) is 0. The Morgan fingerprint density at radius 2 is 1.29 bits per heavy atom. The molecule has 7 rings (SSSR count). The molecule has 7 aromatic rings. The van der Waals surface area contributed by atoms with Crippen LogP contribution in [0.25, 0.3) is 56.4 Å². The molecule has 56 heavy (non-hydrogen) atoms. The zero-order valence-electron chi connectivity index (χ0n) is 28.8. The van der Waals surface area contributed by atoms with Crippen LogP contribution in [0.4, 0.5) is 26.3 Å². The van der Waals surface area contributed by atoms with Crippen molar-refractivity contribution in [2.24, 2.45) is 0 Å². The minimum atomic E-state index is -5.12. The van der Waals surface area contributed by atoms with Crippen molar-refractivity contribution in [3.05, 3.63) is 138 Å². The van der Waals surface area contributed by atoms with Crippen molar-refractivity contribution >= 4 is 11.9 Å². The van der Waals surface area contributed by atoms with Gasteiger partial charge in [0.05, 0.1) is 51.8 Å². The fraction of sp³-hybridized carbons (Fsp3) is 0.103. The van der Waals surface area contributed by atoms with Gasteiger partial charge in [-0.2, -0.15) is 26.3 Å². The number of carbonyl (C=O) groups is 2. The fourth-order valence-corrected chi connectivity index (χ4v) is 6.03. The molecule has 282 valence electrons. The van der Waals surface area contributed by atoms with Crippen LogP contribution in [0.1, 0.15) is 38.8 Å². The van der Waals surface area contributed by atoms with Crippen molar-refractivity contribution in [2.45, 2.75) is 19.3 Å². The maximum absolute atomic E-state index is 14.7. The highest BCUT2D eigenvalue weighted by molar-refractivity contribution is 5.96. The van der Waals surface area contributed by atoms with Crippen LogP contribution in [0.2, 0.25) is 0 Å². The lowest BCUT2D eigenvalue weighted by Gasteiger charge is -2.19. The van der Waals surface area contributed by atoms with Crippen molar-refractivity contribution in [3.63, 3.8) is 0 Å². The lowest BCUT2D eigenvalue weighted by Crippen LogP contribution is -2.22. The molecule has 1 amide bonds. The quantitative estimate of drug-likeness (QED) is 0.140. The first-order valence-electron chi connectivity index (χ1n) is 16.7. The highest BCUT2D eigenvalue weighted by Gasteiger charge is 2.40. The molecule has 0 bridgehead atoms. The molecule has 0 unspecified atom stereocenters. The minimum absolute atomic E-state index is 0.0142. The number of nitrogens with one attached hydrogen (secondary N) is 1. The Hall–Kier alpha value is -7.17. The molecule has 17 heteroatoms. The Kier molecular flexibility index (Phi) is 9.67. The first kappa shape index (κ1) is 37.2. The normalized spacial score (nSPS) is 11.8. The molecule has 3 heterocycles. The molecule has 11 nitrogen and oxygen atoms in total. The van der Waals surface area contributed by atoms with E-state index in [9.17, 15) is 41.0 Å². The Balaban J connectivity index is 1.31. The molecule has 0 aliphatic heterocycles. The Morgan fingerprint density at radius 3 is 1.91 bits per heavy atom. The summed E-state index contributed by atoms with van der Waals surface area (Å²) in [6.07, 6.45) is -7.02. The maximum atomic E-state index is 14.7. The number of pyridine rings is 1. The van der Waals surface area contributed by atoms with Gasteiger partial charge in [0.15, 0.2) is 0 Å². The standard InChI is InChI=1S/C39H26F6N8O3/c1-2-46-36(54)25-18-30(32-20-52(50-48-32)27-13-7-11-24(17-27)23-10-6-12-26(16-23)38(40,41)42)47-31(19-25)33-21-53(51-49-33)35-28(22-8-4-3-5-9-22)14-15-29(37(55)56)34(35)39(43,44)45/h3-21H,2H2,1H3,(H,46,54)(H,55,56). The molecule has 0 aliphatic rings. The Bertz CT molecular complexity index is 2600. The number of carboxylic acids is 1. The van der Waals surface area contributed by atoms with E-state index in [2.05, 4.69) is 30.9 Å². The lowest BCUT2D eigenvalue weighted by molar-refractivity contribution is -0.138. The van der Waals surface area contributed by atoms with Crippen LogP contribution in [0.15, 0.2) is 116 Å². The van der Waals surface area contributed by atoms with Gasteiger partial charge >= 0.3 is 18.3 Å². The van der Waals surface area contributed by atoms with E-state index in [1.54, 1.807) is 67.6 Å². The number of carboxylic acid groups (broad SMARTS) is 1. The largest absolute Gasteiger partial charge is 0.478 e. The van der Waals surface area contributed by atoms with Gasteiger partial charge in [-0.1, -0.05) is 71.1 Å². The summed E-state index contributed by atoms with van der Waals surface area (Å²) < 4.78 is 86.4. The van der Waals surface area contributed by atoms with Gasteiger partial charge in [-0.15, -0.1) is 10.2 Å². The third-order valence-electron chi connectivity index (χ3n) is 8.58. The summed E-state index contributed by atoms with van der Waals surface area (Å²) in [6, 6.07) is 24.4. The second-order valence-corrected chi connectivity index (χ2v) is 12.3. The zero-order valence-corrected chi connectivity index (χ0v) is 28.8. The molecule has 0 spiro atoms. The van der Waals surface area contributed by atoms with E-state index in [4.69, 9.17) is 0 Å². The Morgan fingerprint density at radius 1 is 0.679 bits per heavy atom. The van der Waals surface area contributed by atoms with Crippen molar-refractivity contribution in [1.82, 2.24) is 40.3 Å². The minimum Gasteiger partial charge on any atom is -0.478 e. The van der Waals surface area contributed by atoms with E-state index in [-0.39, 0.29) is 40.4 Å². The van der Waals surface area contributed by atoms with Crippen LogP contribution >= 0.6 is 0 Å². The van der Waals surface area contributed by atoms with E-state index in [0.29, 0.717) is 22.4 Å². The first-order valence-corrected chi connectivity index (χ1v) is 16.7. The smallest absolute Gasteiger partial charge is 0.419 e. The number of aromatic carboxylic acids is 1. The number of carbonyl (C=O) groups excluding carboxylic acids is 1. The maximum Gasteiger partial charge on any atom is 0.419 e. The van der Waals surface area contributed by atoms with Crippen molar-refractivity contribution in [3.8, 4) is 56.4 Å². The summed E-state index contributed by atoms with van der Waals surface area (Å²) in [6.45, 7) is 1.97. The third-order valence-corrected chi connectivity index (χ3v) is 8.58. The van der Waals surface area contributed by atoms with E-state index in [0.717, 1.165) is 29.1 Å². The number of hydrogen-bond acceptors (Lipinski definition) is 7. The van der Waals surface area contributed by atoms with Crippen LogP contribution in [-0.4, -0.2) is 58.5 Å². The number of amides is 1. The van der Waals surface area contributed by atoms with Crippen LogP contribution in [-0.2, 0) is 12.4 Å². The molecule has 0 atom stereocenters. The zero-order chi connectivity index (χ0) is 39.8. The van der Waals surface area contributed by atoms with Gasteiger partial charge in [0, 0.05) is 17.7 Å². The molecule has 3 aromatic heterocycles. The average Bonchev–Trinajstić information content (AvgIpc) is 3.89. The van der Waals surface area contributed by atoms with E-state index < -0.39 is 46.6 Å². The second-order valence-electron chi connectivity index (χ2n) is 12.3. The first-order chi connectivity index (χ1) is 26.7. The number of aromatic nitrogens is 7. The van der Waals surface area contributed by atoms with Crippen molar-refractivity contribution in [1.29, 1.82) is 0 Å². The average molecular weight is 769 g/mol. The van der Waals surface area contributed by atoms with E-state index >= 15 is 0 Å². The van der Waals surface area contributed by atoms with Crippen LogP contribution in [0.5, 0.6) is 0 Å². The monoisotopic (exact) mass is 768 g/mol. The van der Waals surface area contributed by atoms with Gasteiger partial charge in [0.2, 0.25) is 0 Å². The highest BCUT2D eigenvalue weighted by atomic mass is 19.4. The predicted octanol–water partition coefficient (Wildman–Crippen LogP) is 8.40. The van der Waals surface area contributed by atoms with Gasteiger partial charge in [-0.3, -0.25) is 4.79 Å². The lowest BCUT2D eigenvalue weighted by atomic mass is 9.95. The van der Waals surface area contributed by atoms with E-state index in [1.807, 2.05) is 0 Å². The van der Waals surface area contributed by atoms with Crippen LogP contribution in [0.3, 0.4) is 0 Å². The van der Waals surface area contributed by atoms with Gasteiger partial charge < -0.3 is 10.4 Å². The third kappa shape index (κ3) is 7.46. The number of rotatable bonds is 9. The van der Waals surface area contributed by atoms with Crippen molar-refractivity contribution in [2.75, 3.05) is 6.54 Å².